The van der Waals surface area contributed by atoms with Gasteiger partial charge in [0.2, 0.25) is 0 Å². The van der Waals surface area contributed by atoms with Gasteiger partial charge < -0.3 is 10.4 Å². The van der Waals surface area contributed by atoms with E-state index in [0.29, 0.717) is 5.92 Å². The molecule has 0 aromatic carbocycles. The molecule has 2 N–H and O–H groups in total. The summed E-state index contributed by atoms with van der Waals surface area (Å²) in [6.45, 7) is 4.22. The highest BCUT2D eigenvalue weighted by Gasteiger charge is 2.17. The van der Waals surface area contributed by atoms with Crippen LogP contribution in [0.1, 0.15) is 39.5 Å². The molecule has 78 valence electrons. The maximum absolute atomic E-state index is 10.4. The van der Waals surface area contributed by atoms with Crippen molar-refractivity contribution in [2.45, 2.75) is 44.5 Å². The second-order valence-corrected chi connectivity index (χ2v) is 4.15. The first-order chi connectivity index (χ1) is 6.11. The van der Waals surface area contributed by atoms with E-state index in [1.165, 1.54) is 0 Å². The number of carboxylic acid groups (broad SMARTS) is 1. The van der Waals surface area contributed by atoms with Crippen LogP contribution in [0, 0.1) is 5.92 Å². The highest BCUT2D eigenvalue weighted by Crippen LogP contribution is 2.20. The van der Waals surface area contributed by atoms with Crippen molar-refractivity contribution in [3.05, 3.63) is 0 Å². The van der Waals surface area contributed by atoms with E-state index in [4.69, 9.17) is 5.11 Å². The SMILES string of the molecule is CCCCC(CC)C(Br)NC(=O)O. The first-order valence-electron chi connectivity index (χ1n) is 4.75. The van der Waals surface area contributed by atoms with Gasteiger partial charge in [0.05, 0.1) is 4.95 Å². The molecule has 3 nitrogen and oxygen atoms in total. The maximum atomic E-state index is 10.4. The lowest BCUT2D eigenvalue weighted by Gasteiger charge is -2.20. The number of hydrogen-bond donors (Lipinski definition) is 2. The highest BCUT2D eigenvalue weighted by molar-refractivity contribution is 9.09. The predicted octanol–water partition coefficient (Wildman–Crippen LogP) is 3.19. The van der Waals surface area contributed by atoms with Crippen LogP contribution in [-0.2, 0) is 0 Å². The van der Waals surface area contributed by atoms with Crippen LogP contribution in [-0.4, -0.2) is 16.2 Å². The van der Waals surface area contributed by atoms with E-state index < -0.39 is 6.09 Å². The minimum Gasteiger partial charge on any atom is -0.465 e. The molecule has 0 rings (SSSR count). The maximum Gasteiger partial charge on any atom is 0.405 e. The largest absolute Gasteiger partial charge is 0.465 e. The van der Waals surface area contributed by atoms with Crippen molar-refractivity contribution in [1.29, 1.82) is 0 Å². The number of nitrogens with one attached hydrogen (secondary N) is 1. The quantitative estimate of drug-likeness (QED) is 0.563. The normalized spacial score (nSPS) is 15.0. The van der Waals surface area contributed by atoms with Gasteiger partial charge in [0.1, 0.15) is 0 Å². The van der Waals surface area contributed by atoms with Crippen molar-refractivity contribution >= 4 is 22.0 Å². The molecular weight excluding hydrogens is 234 g/mol. The molecule has 2 atom stereocenters. The minimum atomic E-state index is -0.961. The van der Waals surface area contributed by atoms with E-state index in [0.717, 1.165) is 25.7 Å². The van der Waals surface area contributed by atoms with E-state index >= 15 is 0 Å². The lowest BCUT2D eigenvalue weighted by Crippen LogP contribution is -2.34. The van der Waals surface area contributed by atoms with Gasteiger partial charge in [0.25, 0.3) is 0 Å². The molecule has 0 aliphatic rings. The Bertz CT molecular complexity index is 153. The molecule has 2 unspecified atom stereocenters. The summed E-state index contributed by atoms with van der Waals surface area (Å²) >= 11 is 3.34. The fraction of sp³-hybridized carbons (Fsp3) is 0.889. The Balaban J connectivity index is 3.83. The zero-order chi connectivity index (χ0) is 10.3. The smallest absolute Gasteiger partial charge is 0.405 e. The number of halogens is 1. The number of carbonyl (C=O) groups is 1. The van der Waals surface area contributed by atoms with Crippen LogP contribution in [0.2, 0.25) is 0 Å². The van der Waals surface area contributed by atoms with E-state index in [1.807, 2.05) is 0 Å². The fourth-order valence-electron chi connectivity index (χ4n) is 1.26. The molecule has 0 saturated heterocycles. The molecule has 4 heteroatoms. The van der Waals surface area contributed by atoms with Gasteiger partial charge in [-0.2, -0.15) is 0 Å². The Morgan fingerprint density at radius 3 is 2.54 bits per heavy atom. The lowest BCUT2D eigenvalue weighted by atomic mass is 9.99. The summed E-state index contributed by atoms with van der Waals surface area (Å²) in [6.07, 6.45) is 3.42. The molecule has 0 fully saturated rings. The second kappa shape index (κ2) is 7.18. The van der Waals surface area contributed by atoms with Crippen LogP contribution in [0.15, 0.2) is 0 Å². The van der Waals surface area contributed by atoms with Gasteiger partial charge in [-0.05, 0) is 12.3 Å². The van der Waals surface area contributed by atoms with Crippen molar-refractivity contribution in [2.75, 3.05) is 0 Å². The monoisotopic (exact) mass is 251 g/mol. The van der Waals surface area contributed by atoms with Crippen molar-refractivity contribution < 1.29 is 9.90 Å². The number of hydrogen-bond acceptors (Lipinski definition) is 1. The van der Waals surface area contributed by atoms with Gasteiger partial charge in [-0.15, -0.1) is 0 Å². The molecule has 0 radical (unpaired) electrons. The molecular formula is C9H18BrNO2. The topological polar surface area (TPSA) is 49.3 Å². The molecule has 1 amide bonds. The molecule has 0 aromatic rings. The van der Waals surface area contributed by atoms with Gasteiger partial charge >= 0.3 is 6.09 Å². The second-order valence-electron chi connectivity index (χ2n) is 3.16. The Labute approximate surface area is 88.0 Å². The van der Waals surface area contributed by atoms with Crippen molar-refractivity contribution in [3.8, 4) is 0 Å². The standard InChI is InChI=1S/C9H18BrNO2/c1-3-5-6-7(4-2)8(10)11-9(12)13/h7-8,11H,3-6H2,1-2H3,(H,12,13). The van der Waals surface area contributed by atoms with E-state index in [2.05, 4.69) is 35.1 Å². The average molecular weight is 252 g/mol. The summed E-state index contributed by atoms with van der Waals surface area (Å²) in [6, 6.07) is 0. The Hall–Kier alpha value is -0.250. The highest BCUT2D eigenvalue weighted by atomic mass is 79.9. The molecule has 0 bridgehead atoms. The molecule has 0 aromatic heterocycles. The number of amides is 1. The van der Waals surface area contributed by atoms with E-state index in [9.17, 15) is 4.79 Å². The Morgan fingerprint density at radius 2 is 2.15 bits per heavy atom. The van der Waals surface area contributed by atoms with Crippen molar-refractivity contribution in [3.63, 3.8) is 0 Å². The van der Waals surface area contributed by atoms with Crippen LogP contribution in [0.3, 0.4) is 0 Å². The molecule has 0 saturated carbocycles. The summed E-state index contributed by atoms with van der Waals surface area (Å²) in [7, 11) is 0. The first kappa shape index (κ1) is 12.8. The van der Waals surface area contributed by atoms with Crippen LogP contribution in [0.4, 0.5) is 4.79 Å². The number of alkyl halides is 1. The molecule has 0 aliphatic carbocycles. The van der Waals surface area contributed by atoms with Crippen LogP contribution >= 0.6 is 15.9 Å². The van der Waals surface area contributed by atoms with E-state index in [1.54, 1.807) is 0 Å². The number of rotatable bonds is 6. The molecule has 13 heavy (non-hydrogen) atoms. The van der Waals surface area contributed by atoms with Gasteiger partial charge in [0, 0.05) is 0 Å². The van der Waals surface area contributed by atoms with Gasteiger partial charge in [-0.3, -0.25) is 0 Å². The zero-order valence-electron chi connectivity index (χ0n) is 8.22. The average Bonchev–Trinajstić information content (AvgIpc) is 2.04. The summed E-state index contributed by atoms with van der Waals surface area (Å²) in [4.78, 5) is 10.3. The molecule has 0 aliphatic heterocycles. The molecule has 0 heterocycles. The van der Waals surface area contributed by atoms with Crippen molar-refractivity contribution in [2.24, 2.45) is 5.92 Å². The summed E-state index contributed by atoms with van der Waals surface area (Å²) < 4.78 is 0. The third-order valence-electron chi connectivity index (χ3n) is 2.13. The summed E-state index contributed by atoms with van der Waals surface area (Å²) in [5.74, 6) is 0.399. The third-order valence-corrected chi connectivity index (χ3v) is 3.10. The summed E-state index contributed by atoms with van der Waals surface area (Å²) in [5, 5.41) is 10.9. The molecule has 0 spiro atoms. The Morgan fingerprint density at radius 1 is 1.54 bits per heavy atom. The Kier molecular flexibility index (Phi) is 7.04. The minimum absolute atomic E-state index is 0.110. The van der Waals surface area contributed by atoms with Crippen LogP contribution < -0.4 is 5.32 Å². The van der Waals surface area contributed by atoms with Crippen molar-refractivity contribution in [1.82, 2.24) is 5.32 Å². The zero-order valence-corrected chi connectivity index (χ0v) is 9.80. The predicted molar refractivity (Wildman–Crippen MR) is 57.2 cm³/mol. The summed E-state index contributed by atoms with van der Waals surface area (Å²) in [5.41, 5.74) is 0. The van der Waals surface area contributed by atoms with Gasteiger partial charge in [-0.25, -0.2) is 4.79 Å². The first-order valence-corrected chi connectivity index (χ1v) is 5.66. The van der Waals surface area contributed by atoms with Gasteiger partial charge in [-0.1, -0.05) is 49.0 Å². The third kappa shape index (κ3) is 5.91. The fourth-order valence-corrected chi connectivity index (χ4v) is 2.09. The van der Waals surface area contributed by atoms with E-state index in [-0.39, 0.29) is 4.95 Å². The number of unbranched alkanes of at least 4 members (excludes halogenated alkanes) is 1. The van der Waals surface area contributed by atoms with Crippen LogP contribution in [0.25, 0.3) is 0 Å². The van der Waals surface area contributed by atoms with Gasteiger partial charge in [0.15, 0.2) is 0 Å². The van der Waals surface area contributed by atoms with Crippen LogP contribution in [0.5, 0.6) is 0 Å². The lowest BCUT2D eigenvalue weighted by molar-refractivity contribution is 0.190.